The van der Waals surface area contributed by atoms with Crippen LogP contribution >= 0.6 is 0 Å². The smallest absolute Gasteiger partial charge is 0.329 e. The summed E-state index contributed by atoms with van der Waals surface area (Å²) in [5, 5.41) is 8.73. The molecule has 0 saturated carbocycles. The van der Waals surface area contributed by atoms with Gasteiger partial charge in [0.05, 0.1) is 18.2 Å². The van der Waals surface area contributed by atoms with Crippen LogP contribution in [0.25, 0.3) is 0 Å². The first kappa shape index (κ1) is 22.1. The van der Waals surface area contributed by atoms with Gasteiger partial charge >= 0.3 is 5.97 Å². The highest BCUT2D eigenvalue weighted by Crippen LogP contribution is 2.53. The Kier molecular flexibility index (Phi) is 5.54. The summed E-state index contributed by atoms with van der Waals surface area (Å²) in [6.07, 6.45) is 1.45. The zero-order valence-corrected chi connectivity index (χ0v) is 19.0. The molecule has 1 aromatic carbocycles. The minimum Gasteiger partial charge on any atom is -0.487 e. The predicted octanol–water partition coefficient (Wildman–Crippen LogP) is 3.30. The van der Waals surface area contributed by atoms with Crippen LogP contribution in [0, 0.1) is 5.92 Å². The van der Waals surface area contributed by atoms with E-state index in [0.717, 1.165) is 24.2 Å². The summed E-state index contributed by atoms with van der Waals surface area (Å²) in [6.45, 7) is 10.7. The van der Waals surface area contributed by atoms with Crippen LogP contribution in [-0.4, -0.2) is 59.4 Å². The monoisotopic (exact) mass is 431 g/mol. The molecule has 170 valence electrons. The van der Waals surface area contributed by atoms with Gasteiger partial charge in [0.25, 0.3) is 0 Å². The number of rotatable bonds is 4. The third-order valence-corrected chi connectivity index (χ3v) is 6.89. The molecule has 1 N–H and O–H groups in total. The first-order valence-electron chi connectivity index (χ1n) is 11.1. The normalized spacial score (nSPS) is 28.9. The molecule has 7 nitrogen and oxygen atoms in total. The Labute approximate surface area is 183 Å². The van der Waals surface area contributed by atoms with E-state index >= 15 is 0 Å². The topological polar surface area (TPSA) is 85.3 Å². The minimum absolute atomic E-state index is 0.0290. The van der Waals surface area contributed by atoms with Gasteiger partial charge in [0.2, 0.25) is 5.91 Å². The number of likely N-dealkylation sites (tertiary alicyclic amines) is 1. The SMILES string of the molecule is CC(C)(C)c1ccc2c(c1)[C@@H]1O[C@@H]3CCN(C(=O)COCC(=O)O)[C@@H]3C[C@H]1C(C)(C)O2. The summed E-state index contributed by atoms with van der Waals surface area (Å²) in [7, 11) is 0. The molecule has 1 aromatic rings. The molecule has 0 aliphatic carbocycles. The molecule has 3 aliphatic heterocycles. The maximum absolute atomic E-state index is 12.7. The molecule has 31 heavy (non-hydrogen) atoms. The van der Waals surface area contributed by atoms with Crippen LogP contribution in [0.1, 0.15) is 64.7 Å². The summed E-state index contributed by atoms with van der Waals surface area (Å²) < 4.78 is 18.1. The second-order valence-electron chi connectivity index (χ2n) is 10.5. The van der Waals surface area contributed by atoms with Crippen molar-refractivity contribution in [3.8, 4) is 5.75 Å². The van der Waals surface area contributed by atoms with E-state index in [2.05, 4.69) is 52.8 Å². The second-order valence-corrected chi connectivity index (χ2v) is 10.5. The van der Waals surface area contributed by atoms with E-state index in [1.165, 1.54) is 5.56 Å². The molecule has 2 fully saturated rings. The average molecular weight is 432 g/mol. The Morgan fingerprint density at radius 3 is 2.68 bits per heavy atom. The van der Waals surface area contributed by atoms with Gasteiger partial charge < -0.3 is 24.2 Å². The van der Waals surface area contributed by atoms with Gasteiger partial charge in [0.15, 0.2) is 0 Å². The standard InChI is InChI=1S/C24H33NO6/c1-23(2,3)14-6-7-18-15(10-14)22-16(24(4,5)31-18)11-17-19(30-22)8-9-25(17)20(26)12-29-13-21(27)28/h6-7,10,16-17,19,22H,8-9,11-13H2,1-5H3,(H,27,28)/t16-,17-,19-,22+/m1/s1. The van der Waals surface area contributed by atoms with Gasteiger partial charge in [-0.15, -0.1) is 0 Å². The number of benzene rings is 1. The van der Waals surface area contributed by atoms with Gasteiger partial charge in [-0.1, -0.05) is 26.8 Å². The van der Waals surface area contributed by atoms with Crippen LogP contribution in [0.5, 0.6) is 5.75 Å². The van der Waals surface area contributed by atoms with Gasteiger partial charge in [0, 0.05) is 18.0 Å². The Morgan fingerprint density at radius 1 is 1.26 bits per heavy atom. The van der Waals surface area contributed by atoms with Crippen molar-refractivity contribution in [1.82, 2.24) is 4.90 Å². The zero-order chi connectivity index (χ0) is 22.6. The number of ether oxygens (including phenoxy) is 3. The van der Waals surface area contributed by atoms with Crippen molar-refractivity contribution in [3.05, 3.63) is 29.3 Å². The van der Waals surface area contributed by atoms with Gasteiger partial charge in [-0.25, -0.2) is 4.79 Å². The molecule has 3 aliphatic rings. The molecular weight excluding hydrogens is 398 g/mol. The van der Waals surface area contributed by atoms with E-state index in [0.29, 0.717) is 6.54 Å². The lowest BCUT2D eigenvalue weighted by Gasteiger charge is -2.51. The number of hydrogen-bond acceptors (Lipinski definition) is 5. The number of aliphatic carboxylic acids is 1. The number of carbonyl (C=O) groups is 2. The van der Waals surface area contributed by atoms with E-state index in [4.69, 9.17) is 19.3 Å². The lowest BCUT2D eigenvalue weighted by molar-refractivity contribution is -0.169. The number of amides is 1. The largest absolute Gasteiger partial charge is 0.487 e. The molecular formula is C24H33NO6. The minimum atomic E-state index is -1.08. The van der Waals surface area contributed by atoms with E-state index in [9.17, 15) is 9.59 Å². The number of carboxylic acid groups (broad SMARTS) is 1. The summed E-state index contributed by atoms with van der Waals surface area (Å²) in [5.74, 6) is -0.276. The fraction of sp³-hybridized carbons (Fsp3) is 0.667. The average Bonchev–Trinajstić information content (AvgIpc) is 3.08. The maximum Gasteiger partial charge on any atom is 0.329 e. The molecule has 7 heteroatoms. The first-order chi connectivity index (χ1) is 14.5. The van der Waals surface area contributed by atoms with Crippen molar-refractivity contribution in [1.29, 1.82) is 0 Å². The lowest BCUT2D eigenvalue weighted by atomic mass is 9.73. The quantitative estimate of drug-likeness (QED) is 0.787. The second kappa shape index (κ2) is 7.78. The lowest BCUT2D eigenvalue weighted by Crippen LogP contribution is -2.55. The molecule has 0 spiro atoms. The highest BCUT2D eigenvalue weighted by Gasteiger charge is 2.53. The van der Waals surface area contributed by atoms with Gasteiger partial charge in [-0.3, -0.25) is 4.79 Å². The predicted molar refractivity (Wildman–Crippen MR) is 114 cm³/mol. The molecule has 0 radical (unpaired) electrons. The molecule has 2 saturated heterocycles. The van der Waals surface area contributed by atoms with Crippen LogP contribution in [0.3, 0.4) is 0 Å². The van der Waals surface area contributed by atoms with Crippen LogP contribution in [0.4, 0.5) is 0 Å². The van der Waals surface area contributed by atoms with Crippen LogP contribution in [0.15, 0.2) is 18.2 Å². The maximum atomic E-state index is 12.7. The Morgan fingerprint density at radius 2 is 2.00 bits per heavy atom. The third-order valence-electron chi connectivity index (χ3n) is 6.89. The van der Waals surface area contributed by atoms with Crippen molar-refractivity contribution in [2.75, 3.05) is 19.8 Å². The Balaban J connectivity index is 1.57. The molecule has 3 heterocycles. The third kappa shape index (κ3) is 4.17. The van der Waals surface area contributed by atoms with Crippen molar-refractivity contribution in [2.24, 2.45) is 5.92 Å². The summed E-state index contributed by atoms with van der Waals surface area (Å²) in [4.78, 5) is 25.1. The molecule has 0 unspecified atom stereocenters. The van der Waals surface area contributed by atoms with E-state index < -0.39 is 18.2 Å². The Bertz CT molecular complexity index is 873. The summed E-state index contributed by atoms with van der Waals surface area (Å²) in [5.41, 5.74) is 1.95. The summed E-state index contributed by atoms with van der Waals surface area (Å²) in [6, 6.07) is 6.37. The molecule has 0 aromatic heterocycles. The van der Waals surface area contributed by atoms with E-state index in [1.54, 1.807) is 4.90 Å². The number of hydrogen-bond donors (Lipinski definition) is 1. The van der Waals surface area contributed by atoms with Crippen LogP contribution in [0.2, 0.25) is 0 Å². The number of carboxylic acids is 1. The van der Waals surface area contributed by atoms with Gasteiger partial charge in [-0.2, -0.15) is 0 Å². The highest BCUT2D eigenvalue weighted by atomic mass is 16.5. The molecule has 4 rings (SSSR count). The van der Waals surface area contributed by atoms with Crippen LogP contribution in [-0.2, 0) is 24.5 Å². The molecule has 1 amide bonds. The van der Waals surface area contributed by atoms with Crippen molar-refractivity contribution < 1.29 is 28.9 Å². The van der Waals surface area contributed by atoms with Gasteiger partial charge in [-0.05, 0) is 49.8 Å². The number of fused-ring (bicyclic) bond motifs is 4. The fourth-order valence-corrected chi connectivity index (χ4v) is 5.18. The van der Waals surface area contributed by atoms with Crippen molar-refractivity contribution in [2.45, 2.75) is 76.7 Å². The molecule has 4 atom stereocenters. The Hall–Kier alpha value is -2.12. The summed E-state index contributed by atoms with van der Waals surface area (Å²) >= 11 is 0. The van der Waals surface area contributed by atoms with E-state index in [-0.39, 0.29) is 42.1 Å². The number of nitrogens with zero attached hydrogens (tertiary/aromatic N) is 1. The molecule has 0 bridgehead atoms. The fourth-order valence-electron chi connectivity index (χ4n) is 5.18. The van der Waals surface area contributed by atoms with Crippen molar-refractivity contribution in [3.63, 3.8) is 0 Å². The zero-order valence-electron chi connectivity index (χ0n) is 19.0. The van der Waals surface area contributed by atoms with Crippen LogP contribution < -0.4 is 4.74 Å². The van der Waals surface area contributed by atoms with Gasteiger partial charge in [0.1, 0.15) is 24.6 Å². The highest BCUT2D eigenvalue weighted by molar-refractivity contribution is 5.78. The van der Waals surface area contributed by atoms with Crippen molar-refractivity contribution >= 4 is 11.9 Å². The first-order valence-corrected chi connectivity index (χ1v) is 11.1. The number of carbonyl (C=O) groups excluding carboxylic acids is 1. The van der Waals surface area contributed by atoms with E-state index in [1.807, 2.05) is 0 Å².